The van der Waals surface area contributed by atoms with Gasteiger partial charge in [0.1, 0.15) is 6.54 Å². The summed E-state index contributed by atoms with van der Waals surface area (Å²) >= 11 is 0. The number of aromatic nitrogens is 2. The van der Waals surface area contributed by atoms with E-state index in [1.54, 1.807) is 18.7 Å². The van der Waals surface area contributed by atoms with Crippen LogP contribution in [0, 0.1) is 0 Å². The molecule has 5 nitrogen and oxygen atoms in total. The Morgan fingerprint density at radius 1 is 1.47 bits per heavy atom. The minimum atomic E-state index is -0.856. The SMILES string of the molecule is CC(C)c1cc2n(n1)CC(=O)N(CC(C)(C)O)CC2. The maximum Gasteiger partial charge on any atom is 0.244 e. The Hall–Kier alpha value is -1.36. The molecule has 0 aliphatic carbocycles. The molecule has 5 heteroatoms. The fraction of sp³-hybridized carbons (Fsp3) is 0.714. The van der Waals surface area contributed by atoms with Crippen LogP contribution in [0.3, 0.4) is 0 Å². The van der Waals surface area contributed by atoms with E-state index in [2.05, 4.69) is 25.0 Å². The molecule has 1 aromatic rings. The highest BCUT2D eigenvalue weighted by molar-refractivity contribution is 5.76. The van der Waals surface area contributed by atoms with Gasteiger partial charge in [-0.1, -0.05) is 13.8 Å². The predicted molar refractivity (Wildman–Crippen MR) is 72.9 cm³/mol. The summed E-state index contributed by atoms with van der Waals surface area (Å²) < 4.78 is 1.81. The summed E-state index contributed by atoms with van der Waals surface area (Å²) in [6.45, 7) is 8.94. The zero-order valence-corrected chi connectivity index (χ0v) is 12.2. The van der Waals surface area contributed by atoms with E-state index in [1.165, 1.54) is 0 Å². The van der Waals surface area contributed by atoms with E-state index in [1.807, 2.05) is 4.68 Å². The smallest absolute Gasteiger partial charge is 0.244 e. The van der Waals surface area contributed by atoms with Crippen LogP contribution < -0.4 is 0 Å². The highest BCUT2D eigenvalue weighted by atomic mass is 16.3. The molecule has 1 N–H and O–H groups in total. The molecule has 2 rings (SSSR count). The van der Waals surface area contributed by atoms with E-state index in [9.17, 15) is 9.90 Å². The lowest BCUT2D eigenvalue weighted by Gasteiger charge is -2.27. The van der Waals surface area contributed by atoms with E-state index in [4.69, 9.17) is 0 Å². The number of carbonyl (C=O) groups is 1. The molecule has 0 fully saturated rings. The Labute approximate surface area is 114 Å². The van der Waals surface area contributed by atoms with Crippen LogP contribution in [0.15, 0.2) is 6.07 Å². The van der Waals surface area contributed by atoms with Crippen molar-refractivity contribution in [2.45, 2.75) is 52.2 Å². The number of rotatable bonds is 3. The van der Waals surface area contributed by atoms with Crippen LogP contribution in [0.25, 0.3) is 0 Å². The first-order valence-electron chi connectivity index (χ1n) is 6.83. The Kier molecular flexibility index (Phi) is 3.67. The molecule has 0 saturated carbocycles. The number of β-amino-alcohol motifs (C(OH)–C–C–N with tert-alkyl or cyclic N) is 1. The van der Waals surface area contributed by atoms with E-state index in [0.29, 0.717) is 19.0 Å². The van der Waals surface area contributed by atoms with Crippen molar-refractivity contribution < 1.29 is 9.90 Å². The summed E-state index contributed by atoms with van der Waals surface area (Å²) in [6.07, 6.45) is 0.793. The third-order valence-electron chi connectivity index (χ3n) is 3.33. The van der Waals surface area contributed by atoms with Gasteiger partial charge >= 0.3 is 0 Å². The van der Waals surface area contributed by atoms with Crippen molar-refractivity contribution in [2.24, 2.45) is 0 Å². The summed E-state index contributed by atoms with van der Waals surface area (Å²) in [6, 6.07) is 2.09. The van der Waals surface area contributed by atoms with Crippen LogP contribution in [-0.4, -0.2) is 44.4 Å². The average Bonchev–Trinajstić information content (AvgIpc) is 2.60. The summed E-state index contributed by atoms with van der Waals surface area (Å²) in [5, 5.41) is 14.3. The van der Waals surface area contributed by atoms with Crippen molar-refractivity contribution in [3.63, 3.8) is 0 Å². The van der Waals surface area contributed by atoms with Crippen molar-refractivity contribution in [1.82, 2.24) is 14.7 Å². The van der Waals surface area contributed by atoms with Gasteiger partial charge in [0.05, 0.1) is 11.3 Å². The minimum absolute atomic E-state index is 0.0271. The van der Waals surface area contributed by atoms with Gasteiger partial charge in [-0.2, -0.15) is 5.10 Å². The van der Waals surface area contributed by atoms with Gasteiger partial charge in [0.25, 0.3) is 0 Å². The molecule has 0 saturated heterocycles. The topological polar surface area (TPSA) is 58.4 Å². The first-order chi connectivity index (χ1) is 8.76. The van der Waals surface area contributed by atoms with Gasteiger partial charge < -0.3 is 10.0 Å². The summed E-state index contributed by atoms with van der Waals surface area (Å²) in [4.78, 5) is 13.9. The second-order valence-electron chi connectivity index (χ2n) is 6.25. The van der Waals surface area contributed by atoms with Gasteiger partial charge in [-0.05, 0) is 25.8 Å². The molecule has 0 spiro atoms. The van der Waals surface area contributed by atoms with E-state index in [-0.39, 0.29) is 12.5 Å². The van der Waals surface area contributed by atoms with Crippen LogP contribution in [0.2, 0.25) is 0 Å². The molecule has 0 radical (unpaired) electrons. The zero-order chi connectivity index (χ0) is 14.2. The average molecular weight is 265 g/mol. The summed E-state index contributed by atoms with van der Waals surface area (Å²) in [7, 11) is 0. The molecule has 0 unspecified atom stereocenters. The van der Waals surface area contributed by atoms with Crippen LogP contribution >= 0.6 is 0 Å². The second kappa shape index (κ2) is 4.96. The number of carbonyl (C=O) groups excluding carboxylic acids is 1. The molecular weight excluding hydrogens is 242 g/mol. The van der Waals surface area contributed by atoms with E-state index < -0.39 is 5.60 Å². The number of nitrogens with zero attached hydrogens (tertiary/aromatic N) is 3. The standard InChI is InChI=1S/C14H23N3O2/c1-10(2)12-7-11-5-6-16(9-14(3,4)19)13(18)8-17(11)15-12/h7,10,19H,5-6,8-9H2,1-4H3. The molecule has 1 aromatic heterocycles. The number of hydrogen-bond donors (Lipinski definition) is 1. The van der Waals surface area contributed by atoms with Gasteiger partial charge in [0, 0.05) is 25.2 Å². The van der Waals surface area contributed by atoms with Gasteiger partial charge in [0.2, 0.25) is 5.91 Å². The van der Waals surface area contributed by atoms with Crippen molar-refractivity contribution >= 4 is 5.91 Å². The van der Waals surface area contributed by atoms with Crippen molar-refractivity contribution in [1.29, 1.82) is 0 Å². The summed E-state index contributed by atoms with van der Waals surface area (Å²) in [5.41, 5.74) is 1.29. The Bertz CT molecular complexity index is 472. The molecular formula is C14H23N3O2. The number of amides is 1. The van der Waals surface area contributed by atoms with Gasteiger partial charge in [0.15, 0.2) is 0 Å². The lowest BCUT2D eigenvalue weighted by atomic mass is 10.1. The van der Waals surface area contributed by atoms with Gasteiger partial charge in [-0.15, -0.1) is 0 Å². The van der Waals surface area contributed by atoms with Crippen LogP contribution in [-0.2, 0) is 17.8 Å². The number of aliphatic hydroxyl groups is 1. The first-order valence-corrected chi connectivity index (χ1v) is 6.83. The Morgan fingerprint density at radius 3 is 2.74 bits per heavy atom. The third-order valence-corrected chi connectivity index (χ3v) is 3.33. The molecule has 2 heterocycles. The first kappa shape index (κ1) is 14.1. The monoisotopic (exact) mass is 265 g/mol. The Morgan fingerprint density at radius 2 is 2.16 bits per heavy atom. The maximum absolute atomic E-state index is 12.2. The molecule has 1 amide bonds. The fourth-order valence-corrected chi connectivity index (χ4v) is 2.33. The normalized spacial score (nSPS) is 16.7. The molecule has 0 aromatic carbocycles. The predicted octanol–water partition coefficient (Wildman–Crippen LogP) is 1.16. The number of hydrogen-bond acceptors (Lipinski definition) is 3. The largest absolute Gasteiger partial charge is 0.389 e. The van der Waals surface area contributed by atoms with Crippen molar-refractivity contribution in [3.8, 4) is 0 Å². The minimum Gasteiger partial charge on any atom is -0.389 e. The fourth-order valence-electron chi connectivity index (χ4n) is 2.33. The highest BCUT2D eigenvalue weighted by Crippen LogP contribution is 2.18. The quantitative estimate of drug-likeness (QED) is 0.892. The lowest BCUT2D eigenvalue weighted by Crippen LogP contribution is -2.43. The zero-order valence-electron chi connectivity index (χ0n) is 12.2. The van der Waals surface area contributed by atoms with Crippen molar-refractivity contribution in [2.75, 3.05) is 13.1 Å². The molecule has 0 atom stereocenters. The maximum atomic E-state index is 12.2. The Balaban J connectivity index is 2.14. The molecule has 0 bridgehead atoms. The second-order valence-corrected chi connectivity index (χ2v) is 6.25. The van der Waals surface area contributed by atoms with Crippen LogP contribution in [0.1, 0.15) is 45.0 Å². The lowest BCUT2D eigenvalue weighted by molar-refractivity contribution is -0.134. The van der Waals surface area contributed by atoms with Crippen molar-refractivity contribution in [3.05, 3.63) is 17.5 Å². The van der Waals surface area contributed by atoms with E-state index in [0.717, 1.165) is 17.8 Å². The molecule has 1 aliphatic heterocycles. The van der Waals surface area contributed by atoms with Crippen LogP contribution in [0.5, 0.6) is 0 Å². The molecule has 19 heavy (non-hydrogen) atoms. The molecule has 106 valence electrons. The third kappa shape index (κ3) is 3.35. The van der Waals surface area contributed by atoms with Crippen LogP contribution in [0.4, 0.5) is 0 Å². The molecule has 1 aliphatic rings. The summed E-state index contributed by atoms with van der Waals surface area (Å²) in [5.74, 6) is 0.404. The van der Waals surface area contributed by atoms with Gasteiger partial charge in [-0.3, -0.25) is 9.48 Å². The van der Waals surface area contributed by atoms with E-state index >= 15 is 0 Å². The highest BCUT2D eigenvalue weighted by Gasteiger charge is 2.26. The van der Waals surface area contributed by atoms with Gasteiger partial charge in [-0.25, -0.2) is 0 Å². The number of fused-ring (bicyclic) bond motifs is 1.